The third kappa shape index (κ3) is 5.49. The van der Waals surface area contributed by atoms with Crippen molar-refractivity contribution in [3.8, 4) is 0 Å². The molecule has 7 nitrogen and oxygen atoms in total. The van der Waals surface area contributed by atoms with Crippen molar-refractivity contribution in [1.82, 2.24) is 9.80 Å². The Balaban J connectivity index is 1.87. The van der Waals surface area contributed by atoms with Crippen molar-refractivity contribution in [1.29, 1.82) is 0 Å². The van der Waals surface area contributed by atoms with E-state index in [0.29, 0.717) is 32.7 Å². The zero-order chi connectivity index (χ0) is 22.5. The number of urea groups is 1. The maximum atomic E-state index is 14.5. The third-order valence-electron chi connectivity index (χ3n) is 5.13. The molecule has 0 radical (unpaired) electrons. The van der Waals surface area contributed by atoms with Gasteiger partial charge in [-0.25, -0.2) is 18.4 Å². The van der Waals surface area contributed by atoms with Gasteiger partial charge in [0.05, 0.1) is 23.7 Å². The van der Waals surface area contributed by atoms with Crippen molar-refractivity contribution in [2.24, 2.45) is 0 Å². The first kappa shape index (κ1) is 22.9. The minimum Gasteiger partial charge on any atom is -0.478 e. The molecule has 2 N–H and O–H groups in total. The number of halogens is 3. The monoisotopic (exact) mass is 453 g/mol. The van der Waals surface area contributed by atoms with Crippen LogP contribution in [0.1, 0.15) is 15.9 Å². The SMILES string of the molecule is O=C(O)c1ccc(CN(C(=O)N2CCN(CCO)CC2)c2ccc(F)c(Cl)c2)c(F)c1. The van der Waals surface area contributed by atoms with Crippen LogP contribution in [0.3, 0.4) is 0 Å². The zero-order valence-electron chi connectivity index (χ0n) is 16.6. The van der Waals surface area contributed by atoms with Crippen LogP contribution in [0.25, 0.3) is 0 Å². The molecule has 3 rings (SSSR count). The predicted molar refractivity (Wildman–Crippen MR) is 111 cm³/mol. The average Bonchev–Trinajstić information content (AvgIpc) is 2.75. The van der Waals surface area contributed by atoms with E-state index in [9.17, 15) is 18.4 Å². The van der Waals surface area contributed by atoms with Crippen LogP contribution in [0.5, 0.6) is 0 Å². The fraction of sp³-hybridized carbons (Fsp3) is 0.333. The van der Waals surface area contributed by atoms with Crippen LogP contribution in [0.4, 0.5) is 19.3 Å². The van der Waals surface area contributed by atoms with E-state index in [1.807, 2.05) is 4.90 Å². The van der Waals surface area contributed by atoms with E-state index in [-0.39, 0.29) is 35.0 Å². The quantitative estimate of drug-likeness (QED) is 0.702. The number of anilines is 1. The summed E-state index contributed by atoms with van der Waals surface area (Å²) in [7, 11) is 0. The van der Waals surface area contributed by atoms with Crippen LogP contribution in [-0.4, -0.2) is 71.3 Å². The third-order valence-corrected chi connectivity index (χ3v) is 5.42. The summed E-state index contributed by atoms with van der Waals surface area (Å²) < 4.78 is 28.2. The summed E-state index contributed by atoms with van der Waals surface area (Å²) in [5.41, 5.74) is 0.192. The molecule has 2 aromatic carbocycles. The summed E-state index contributed by atoms with van der Waals surface area (Å²) in [6, 6.07) is 6.85. The molecule has 0 bridgehead atoms. The number of nitrogens with zero attached hydrogens (tertiary/aromatic N) is 3. The molecule has 1 saturated heterocycles. The van der Waals surface area contributed by atoms with Gasteiger partial charge in [0.25, 0.3) is 0 Å². The first-order chi connectivity index (χ1) is 14.8. The Kier molecular flexibility index (Phi) is 7.42. The Labute approximate surface area is 183 Å². The topological polar surface area (TPSA) is 84.3 Å². The molecule has 0 saturated carbocycles. The number of carbonyl (C=O) groups is 2. The highest BCUT2D eigenvalue weighted by Gasteiger charge is 2.27. The Morgan fingerprint density at radius 1 is 1.03 bits per heavy atom. The number of aliphatic hydroxyl groups is 1. The van der Waals surface area contributed by atoms with Gasteiger partial charge in [0.1, 0.15) is 11.6 Å². The van der Waals surface area contributed by atoms with Gasteiger partial charge < -0.3 is 15.1 Å². The second-order valence-corrected chi connectivity index (χ2v) is 7.54. The molecular weight excluding hydrogens is 432 g/mol. The van der Waals surface area contributed by atoms with Crippen LogP contribution >= 0.6 is 11.6 Å². The van der Waals surface area contributed by atoms with Crippen molar-refractivity contribution in [3.63, 3.8) is 0 Å². The van der Waals surface area contributed by atoms with E-state index in [2.05, 4.69) is 0 Å². The van der Waals surface area contributed by atoms with E-state index in [4.69, 9.17) is 21.8 Å². The van der Waals surface area contributed by atoms with Crippen LogP contribution < -0.4 is 4.90 Å². The number of hydrogen-bond donors (Lipinski definition) is 2. The molecule has 0 atom stereocenters. The predicted octanol–water partition coefficient (Wildman–Crippen LogP) is 3.05. The van der Waals surface area contributed by atoms with Gasteiger partial charge in [0.15, 0.2) is 0 Å². The molecule has 2 amide bonds. The first-order valence-corrected chi connectivity index (χ1v) is 10.0. The van der Waals surface area contributed by atoms with Crippen molar-refractivity contribution < 1.29 is 28.6 Å². The minimum atomic E-state index is -1.26. The molecule has 2 aromatic rings. The van der Waals surface area contributed by atoms with E-state index >= 15 is 0 Å². The molecule has 0 aliphatic carbocycles. The smallest absolute Gasteiger partial charge is 0.335 e. The Morgan fingerprint density at radius 2 is 1.74 bits per heavy atom. The number of aliphatic hydroxyl groups excluding tert-OH is 1. The number of carboxylic acids is 1. The lowest BCUT2D eigenvalue weighted by molar-refractivity contribution is 0.0696. The van der Waals surface area contributed by atoms with Gasteiger partial charge in [0, 0.05) is 44.0 Å². The number of β-amino-alcohol motifs (C(OH)–C–C–N with tert-alkyl or cyclic N) is 1. The van der Waals surface area contributed by atoms with Crippen molar-refractivity contribution in [2.45, 2.75) is 6.54 Å². The highest BCUT2D eigenvalue weighted by atomic mass is 35.5. The van der Waals surface area contributed by atoms with Gasteiger partial charge in [-0.05, 0) is 30.3 Å². The fourth-order valence-corrected chi connectivity index (χ4v) is 3.55. The normalized spacial score (nSPS) is 14.5. The molecular formula is C21H22ClF2N3O4. The number of amides is 2. The van der Waals surface area contributed by atoms with Crippen LogP contribution in [-0.2, 0) is 6.54 Å². The maximum Gasteiger partial charge on any atom is 0.335 e. The number of carboxylic acid groups (broad SMARTS) is 1. The van der Waals surface area contributed by atoms with Gasteiger partial charge in [-0.3, -0.25) is 9.80 Å². The second kappa shape index (κ2) is 10.0. The number of benzene rings is 2. The molecule has 31 heavy (non-hydrogen) atoms. The lowest BCUT2D eigenvalue weighted by Gasteiger charge is -2.37. The van der Waals surface area contributed by atoms with E-state index in [0.717, 1.165) is 12.1 Å². The summed E-state index contributed by atoms with van der Waals surface area (Å²) in [5, 5.41) is 17.9. The number of aromatic carboxylic acids is 1. The molecule has 0 unspecified atom stereocenters. The first-order valence-electron chi connectivity index (χ1n) is 9.66. The van der Waals surface area contributed by atoms with Crippen molar-refractivity contribution >= 4 is 29.3 Å². The van der Waals surface area contributed by atoms with E-state index < -0.39 is 23.6 Å². The lowest BCUT2D eigenvalue weighted by atomic mass is 10.1. The van der Waals surface area contributed by atoms with Crippen molar-refractivity contribution in [3.05, 3.63) is 64.2 Å². The molecule has 0 aromatic heterocycles. The molecule has 1 aliphatic rings. The molecule has 166 valence electrons. The van der Waals surface area contributed by atoms with E-state index in [1.54, 1.807) is 4.90 Å². The fourth-order valence-electron chi connectivity index (χ4n) is 3.38. The Hall–Kier alpha value is -2.75. The van der Waals surface area contributed by atoms with Crippen LogP contribution in [0.2, 0.25) is 5.02 Å². The summed E-state index contributed by atoms with van der Waals surface area (Å²) >= 11 is 5.90. The average molecular weight is 454 g/mol. The minimum absolute atomic E-state index is 0.0275. The maximum absolute atomic E-state index is 14.5. The molecule has 1 heterocycles. The lowest BCUT2D eigenvalue weighted by Crippen LogP contribution is -2.53. The highest BCUT2D eigenvalue weighted by Crippen LogP contribution is 2.26. The highest BCUT2D eigenvalue weighted by molar-refractivity contribution is 6.31. The van der Waals surface area contributed by atoms with Gasteiger partial charge in [0.2, 0.25) is 0 Å². The molecule has 1 aliphatic heterocycles. The van der Waals surface area contributed by atoms with Gasteiger partial charge in [-0.1, -0.05) is 17.7 Å². The summed E-state index contributed by atoms with van der Waals surface area (Å²) in [6.45, 7) is 2.32. The van der Waals surface area contributed by atoms with Gasteiger partial charge in [-0.15, -0.1) is 0 Å². The molecule has 0 spiro atoms. The zero-order valence-corrected chi connectivity index (χ0v) is 17.4. The second-order valence-electron chi connectivity index (χ2n) is 7.13. The van der Waals surface area contributed by atoms with Crippen molar-refractivity contribution in [2.75, 3.05) is 44.2 Å². The van der Waals surface area contributed by atoms with Crippen LogP contribution in [0.15, 0.2) is 36.4 Å². The standard InChI is InChI=1S/C21H22ClF2N3O4/c22-17-12-16(3-4-18(17)23)27(13-15-2-1-14(20(29)30)11-19(15)24)21(31)26-7-5-25(6-8-26)9-10-28/h1-4,11-12,28H,5-10,13H2,(H,29,30). The molecule has 10 heteroatoms. The van der Waals surface area contributed by atoms with Gasteiger partial charge in [-0.2, -0.15) is 0 Å². The summed E-state index contributed by atoms with van der Waals surface area (Å²) in [4.78, 5) is 29.2. The Morgan fingerprint density at radius 3 is 2.32 bits per heavy atom. The van der Waals surface area contributed by atoms with E-state index in [1.165, 1.54) is 29.2 Å². The largest absolute Gasteiger partial charge is 0.478 e. The van der Waals surface area contributed by atoms with Gasteiger partial charge >= 0.3 is 12.0 Å². The number of piperazine rings is 1. The summed E-state index contributed by atoms with van der Waals surface area (Å²) in [6.07, 6.45) is 0. The summed E-state index contributed by atoms with van der Waals surface area (Å²) in [5.74, 6) is -2.67. The number of rotatable bonds is 6. The number of hydrogen-bond acceptors (Lipinski definition) is 4. The Bertz CT molecular complexity index is 968. The molecule has 1 fully saturated rings. The van der Waals surface area contributed by atoms with Crippen LogP contribution in [0, 0.1) is 11.6 Å². The number of carbonyl (C=O) groups excluding carboxylic acids is 1.